The van der Waals surface area contributed by atoms with Crippen LogP contribution in [0.3, 0.4) is 0 Å². The summed E-state index contributed by atoms with van der Waals surface area (Å²) >= 11 is 0. The quantitative estimate of drug-likeness (QED) is 0.768. The van der Waals surface area contributed by atoms with Crippen LogP contribution in [0, 0.1) is 0 Å². The minimum absolute atomic E-state index is 0.112. The van der Waals surface area contributed by atoms with E-state index in [1.165, 1.54) is 0 Å². The molecule has 2 aliphatic carbocycles. The number of aromatic amines is 1. The van der Waals surface area contributed by atoms with Crippen molar-refractivity contribution in [1.82, 2.24) is 10.3 Å². The predicted octanol–water partition coefficient (Wildman–Crippen LogP) is 1.63. The number of hydrogen-bond donors (Lipinski definition) is 3. The lowest BCUT2D eigenvalue weighted by atomic mass is 9.93. The first-order valence-corrected chi connectivity index (χ1v) is 7.44. The lowest BCUT2D eigenvalue weighted by Crippen LogP contribution is -2.36. The molecule has 0 bridgehead atoms. The number of carbonyl (C=O) groups is 1. The molecule has 5 heteroatoms. The third-order valence-corrected chi connectivity index (χ3v) is 4.40. The van der Waals surface area contributed by atoms with Crippen LogP contribution >= 0.6 is 0 Å². The zero-order valence-electron chi connectivity index (χ0n) is 11.5. The standard InChI is InChI=1S/C15H20N2O3/c18-13-10-7-3-4-8-11(10)17-15(20)12(13)14(19)16-9-5-1-2-6-9/h9H,1-8H2,(H,16,19)(H2,17,18,20). The molecule has 0 radical (unpaired) electrons. The number of H-pyrrole nitrogens is 1. The normalized spacial score (nSPS) is 18.8. The van der Waals surface area contributed by atoms with Crippen LogP contribution in [0.4, 0.5) is 0 Å². The Morgan fingerprint density at radius 3 is 2.60 bits per heavy atom. The van der Waals surface area contributed by atoms with Gasteiger partial charge in [-0.15, -0.1) is 0 Å². The maximum atomic E-state index is 12.2. The number of pyridine rings is 1. The molecule has 1 heterocycles. The molecule has 2 aliphatic rings. The van der Waals surface area contributed by atoms with Gasteiger partial charge in [-0.25, -0.2) is 0 Å². The van der Waals surface area contributed by atoms with Gasteiger partial charge in [0.05, 0.1) is 0 Å². The first kappa shape index (κ1) is 13.2. The molecule has 108 valence electrons. The van der Waals surface area contributed by atoms with Gasteiger partial charge in [-0.2, -0.15) is 0 Å². The molecule has 20 heavy (non-hydrogen) atoms. The summed E-state index contributed by atoms with van der Waals surface area (Å²) < 4.78 is 0. The highest BCUT2D eigenvalue weighted by Crippen LogP contribution is 2.28. The van der Waals surface area contributed by atoms with Crippen molar-refractivity contribution in [2.24, 2.45) is 0 Å². The van der Waals surface area contributed by atoms with Gasteiger partial charge >= 0.3 is 0 Å². The molecule has 1 amide bonds. The molecular formula is C15H20N2O3. The van der Waals surface area contributed by atoms with E-state index >= 15 is 0 Å². The Hall–Kier alpha value is -1.78. The number of amides is 1. The van der Waals surface area contributed by atoms with Crippen molar-refractivity contribution in [1.29, 1.82) is 0 Å². The molecule has 3 N–H and O–H groups in total. The zero-order valence-corrected chi connectivity index (χ0v) is 11.5. The van der Waals surface area contributed by atoms with Crippen LogP contribution in [-0.2, 0) is 12.8 Å². The van der Waals surface area contributed by atoms with E-state index in [4.69, 9.17) is 0 Å². The largest absolute Gasteiger partial charge is 0.507 e. The Balaban J connectivity index is 1.92. The van der Waals surface area contributed by atoms with Crippen LogP contribution in [0.25, 0.3) is 0 Å². The monoisotopic (exact) mass is 276 g/mol. The van der Waals surface area contributed by atoms with E-state index in [9.17, 15) is 14.7 Å². The summed E-state index contributed by atoms with van der Waals surface area (Å²) in [6.45, 7) is 0. The van der Waals surface area contributed by atoms with Gasteiger partial charge in [0.15, 0.2) is 0 Å². The zero-order chi connectivity index (χ0) is 14.1. The average molecular weight is 276 g/mol. The smallest absolute Gasteiger partial charge is 0.264 e. The number of aromatic nitrogens is 1. The van der Waals surface area contributed by atoms with Crippen molar-refractivity contribution in [3.05, 3.63) is 27.2 Å². The topological polar surface area (TPSA) is 82.2 Å². The molecule has 0 aromatic carbocycles. The van der Waals surface area contributed by atoms with Crippen molar-refractivity contribution in [3.8, 4) is 5.75 Å². The maximum absolute atomic E-state index is 12.2. The molecule has 0 spiro atoms. The summed E-state index contributed by atoms with van der Waals surface area (Å²) in [5, 5.41) is 13.1. The molecule has 1 aromatic heterocycles. The minimum atomic E-state index is -0.473. The number of nitrogens with one attached hydrogen (secondary N) is 2. The lowest BCUT2D eigenvalue weighted by Gasteiger charge is -2.19. The highest BCUT2D eigenvalue weighted by atomic mass is 16.3. The second-order valence-electron chi connectivity index (χ2n) is 5.80. The Bertz CT molecular complexity index is 586. The molecule has 0 aliphatic heterocycles. The fourth-order valence-corrected chi connectivity index (χ4v) is 3.30. The number of carbonyl (C=O) groups excluding carboxylic acids is 1. The lowest BCUT2D eigenvalue weighted by molar-refractivity contribution is 0.0933. The van der Waals surface area contributed by atoms with Gasteiger partial charge in [0.2, 0.25) is 0 Å². The van der Waals surface area contributed by atoms with Gasteiger partial charge in [-0.3, -0.25) is 9.59 Å². The fourth-order valence-electron chi connectivity index (χ4n) is 3.30. The number of fused-ring (bicyclic) bond motifs is 1. The second-order valence-corrected chi connectivity index (χ2v) is 5.80. The molecule has 5 nitrogen and oxygen atoms in total. The third-order valence-electron chi connectivity index (χ3n) is 4.40. The summed E-state index contributed by atoms with van der Waals surface area (Å²) in [5.74, 6) is -0.553. The number of hydrogen-bond acceptors (Lipinski definition) is 3. The Morgan fingerprint density at radius 2 is 1.85 bits per heavy atom. The summed E-state index contributed by atoms with van der Waals surface area (Å²) in [4.78, 5) is 27.1. The van der Waals surface area contributed by atoms with Crippen molar-refractivity contribution in [2.45, 2.75) is 57.4 Å². The van der Waals surface area contributed by atoms with E-state index < -0.39 is 11.5 Å². The van der Waals surface area contributed by atoms with Gasteiger partial charge in [-0.05, 0) is 38.5 Å². The van der Waals surface area contributed by atoms with E-state index in [2.05, 4.69) is 10.3 Å². The van der Waals surface area contributed by atoms with E-state index in [0.717, 1.165) is 62.6 Å². The van der Waals surface area contributed by atoms with Gasteiger partial charge in [-0.1, -0.05) is 12.8 Å². The van der Waals surface area contributed by atoms with E-state index in [1.54, 1.807) is 0 Å². The molecule has 0 unspecified atom stereocenters. The average Bonchev–Trinajstić information content (AvgIpc) is 2.91. The number of rotatable bonds is 2. The van der Waals surface area contributed by atoms with E-state index in [1.807, 2.05) is 0 Å². The van der Waals surface area contributed by atoms with Gasteiger partial charge < -0.3 is 15.4 Å². The van der Waals surface area contributed by atoms with Crippen molar-refractivity contribution in [3.63, 3.8) is 0 Å². The summed E-state index contributed by atoms with van der Waals surface area (Å²) in [6.07, 6.45) is 7.61. The van der Waals surface area contributed by atoms with Crippen LogP contribution in [0.2, 0.25) is 0 Å². The van der Waals surface area contributed by atoms with Crippen LogP contribution in [0.1, 0.15) is 60.1 Å². The molecule has 3 rings (SSSR count). The molecule has 1 saturated carbocycles. The maximum Gasteiger partial charge on any atom is 0.264 e. The first-order valence-electron chi connectivity index (χ1n) is 7.44. The fraction of sp³-hybridized carbons (Fsp3) is 0.600. The van der Waals surface area contributed by atoms with Crippen molar-refractivity contribution >= 4 is 5.91 Å². The van der Waals surface area contributed by atoms with Gasteiger partial charge in [0, 0.05) is 17.3 Å². The Labute approximate surface area is 117 Å². The number of aryl methyl sites for hydroxylation is 1. The minimum Gasteiger partial charge on any atom is -0.507 e. The SMILES string of the molecule is O=C(NC1CCCC1)c1c(O)c2c([nH]c1=O)CCCC2. The van der Waals surface area contributed by atoms with Crippen LogP contribution in [0.15, 0.2) is 4.79 Å². The number of aromatic hydroxyl groups is 1. The third kappa shape index (κ3) is 2.32. The summed E-state index contributed by atoms with van der Waals surface area (Å²) in [7, 11) is 0. The van der Waals surface area contributed by atoms with Gasteiger partial charge in [0.25, 0.3) is 11.5 Å². The van der Waals surface area contributed by atoms with Crippen molar-refractivity contribution in [2.75, 3.05) is 0 Å². The van der Waals surface area contributed by atoms with Gasteiger partial charge in [0.1, 0.15) is 11.3 Å². The van der Waals surface area contributed by atoms with Crippen LogP contribution < -0.4 is 10.9 Å². The van der Waals surface area contributed by atoms with Crippen molar-refractivity contribution < 1.29 is 9.90 Å². The molecule has 1 aromatic rings. The summed E-state index contributed by atoms with van der Waals surface area (Å²) in [5.41, 5.74) is 0.944. The van der Waals surface area contributed by atoms with E-state index in [0.29, 0.717) is 0 Å². The molecule has 0 saturated heterocycles. The van der Waals surface area contributed by atoms with E-state index in [-0.39, 0.29) is 17.4 Å². The highest BCUT2D eigenvalue weighted by Gasteiger charge is 2.26. The highest BCUT2D eigenvalue weighted by molar-refractivity contribution is 5.97. The second kappa shape index (κ2) is 5.31. The summed E-state index contributed by atoms with van der Waals surface area (Å²) in [6, 6.07) is 0.136. The Kier molecular flexibility index (Phi) is 3.51. The molecule has 0 atom stereocenters. The van der Waals surface area contributed by atoms with Crippen LogP contribution in [0.5, 0.6) is 5.75 Å². The Morgan fingerprint density at radius 1 is 1.15 bits per heavy atom. The first-order chi connectivity index (χ1) is 9.66. The van der Waals surface area contributed by atoms with Crippen LogP contribution in [-0.4, -0.2) is 22.0 Å². The predicted molar refractivity (Wildman–Crippen MR) is 75.1 cm³/mol. The molecular weight excluding hydrogens is 256 g/mol. The molecule has 1 fully saturated rings.